The van der Waals surface area contributed by atoms with Crippen LogP contribution in [0.3, 0.4) is 0 Å². The number of hydrogen-bond donors (Lipinski definition) is 6. The molecule has 11 heteroatoms. The SMILES string of the molecule is CNNc1c(C(N)=NO)c2c(NC)ncnc2n1[C@H]1C[C@H](O)[C@@H](C)O1. The summed E-state index contributed by atoms with van der Waals surface area (Å²) in [6.07, 6.45) is 0.421. The first-order valence-electron chi connectivity index (χ1n) is 7.84. The number of anilines is 2. The summed E-state index contributed by atoms with van der Waals surface area (Å²) in [6, 6.07) is 0. The number of aliphatic hydroxyl groups excluding tert-OH is 1. The molecule has 2 aromatic heterocycles. The van der Waals surface area contributed by atoms with Crippen LogP contribution in [0.4, 0.5) is 11.6 Å². The second kappa shape index (κ2) is 6.70. The van der Waals surface area contributed by atoms with Crippen LogP contribution in [-0.4, -0.2) is 57.0 Å². The van der Waals surface area contributed by atoms with Gasteiger partial charge in [0.15, 0.2) is 5.84 Å². The molecule has 1 aliphatic rings. The molecule has 1 fully saturated rings. The zero-order valence-electron chi connectivity index (χ0n) is 14.2. The van der Waals surface area contributed by atoms with E-state index in [0.29, 0.717) is 34.7 Å². The predicted molar refractivity (Wildman–Crippen MR) is 92.5 cm³/mol. The van der Waals surface area contributed by atoms with Crippen LogP contribution in [0.1, 0.15) is 25.1 Å². The third kappa shape index (κ3) is 2.71. The highest BCUT2D eigenvalue weighted by Crippen LogP contribution is 2.39. The standard InChI is InChI=1S/C14H22N8O3/c1-6-7(23)4-8(25-6)22-13-10(12(16-2)18-5-19-13)9(11(15)21-24)14(22)20-17-3/h5-8,17,20,23-24H,4H2,1-3H3,(H2,15,21)(H,16,18,19)/t6-,7+,8-/m1/s1. The fourth-order valence-corrected chi connectivity index (χ4v) is 3.10. The second-order valence-corrected chi connectivity index (χ2v) is 5.72. The first kappa shape index (κ1) is 17.2. The number of nitrogens with one attached hydrogen (secondary N) is 3. The van der Waals surface area contributed by atoms with E-state index < -0.39 is 12.3 Å². The maximum Gasteiger partial charge on any atom is 0.174 e. The minimum Gasteiger partial charge on any atom is -0.409 e. The van der Waals surface area contributed by atoms with Crippen LogP contribution in [0, 0.1) is 0 Å². The topological polar surface area (TPSA) is 155 Å². The molecule has 0 saturated carbocycles. The molecule has 1 aliphatic heterocycles. The van der Waals surface area contributed by atoms with Crippen molar-refractivity contribution in [3.63, 3.8) is 0 Å². The quantitative estimate of drug-likeness (QED) is 0.186. The van der Waals surface area contributed by atoms with E-state index >= 15 is 0 Å². The summed E-state index contributed by atoms with van der Waals surface area (Å²) in [7, 11) is 3.41. The molecule has 0 radical (unpaired) electrons. The number of hydrazine groups is 1. The zero-order valence-corrected chi connectivity index (χ0v) is 14.2. The van der Waals surface area contributed by atoms with Crippen LogP contribution in [0.5, 0.6) is 0 Å². The van der Waals surface area contributed by atoms with Gasteiger partial charge in [-0.25, -0.2) is 15.4 Å². The summed E-state index contributed by atoms with van der Waals surface area (Å²) in [5.41, 5.74) is 12.7. The van der Waals surface area contributed by atoms with Crippen LogP contribution in [0.25, 0.3) is 11.0 Å². The Labute approximate surface area is 143 Å². The number of nitrogens with two attached hydrogens (primary N) is 1. The average Bonchev–Trinajstić information content (AvgIpc) is 3.11. The summed E-state index contributed by atoms with van der Waals surface area (Å²) in [4.78, 5) is 8.56. The van der Waals surface area contributed by atoms with Crippen molar-refractivity contribution in [1.82, 2.24) is 20.0 Å². The molecule has 136 valence electrons. The Morgan fingerprint density at radius 1 is 1.44 bits per heavy atom. The Morgan fingerprint density at radius 3 is 2.76 bits per heavy atom. The number of aliphatic hydroxyl groups is 1. The molecule has 3 rings (SSSR count). The highest BCUT2D eigenvalue weighted by Gasteiger charge is 2.36. The van der Waals surface area contributed by atoms with Gasteiger partial charge in [0.25, 0.3) is 0 Å². The number of rotatable bonds is 5. The Balaban J connectivity index is 2.33. The predicted octanol–water partition coefficient (Wildman–Crippen LogP) is -0.218. The molecule has 1 saturated heterocycles. The highest BCUT2D eigenvalue weighted by atomic mass is 16.5. The van der Waals surface area contributed by atoms with E-state index in [1.165, 1.54) is 6.33 Å². The fraction of sp³-hybridized carbons (Fsp3) is 0.500. The van der Waals surface area contributed by atoms with Gasteiger partial charge in [-0.3, -0.25) is 4.57 Å². The number of ether oxygens (including phenoxy) is 1. The van der Waals surface area contributed by atoms with Crippen molar-refractivity contribution >= 4 is 28.5 Å². The fourth-order valence-electron chi connectivity index (χ4n) is 3.10. The van der Waals surface area contributed by atoms with Gasteiger partial charge < -0.3 is 31.5 Å². The van der Waals surface area contributed by atoms with E-state index in [9.17, 15) is 10.3 Å². The Morgan fingerprint density at radius 2 is 2.20 bits per heavy atom. The largest absolute Gasteiger partial charge is 0.409 e. The van der Waals surface area contributed by atoms with E-state index in [4.69, 9.17) is 10.5 Å². The summed E-state index contributed by atoms with van der Waals surface area (Å²) >= 11 is 0. The Bertz CT molecular complexity index is 795. The summed E-state index contributed by atoms with van der Waals surface area (Å²) in [5, 5.41) is 26.0. The van der Waals surface area contributed by atoms with Crippen molar-refractivity contribution in [3.05, 3.63) is 11.9 Å². The van der Waals surface area contributed by atoms with Gasteiger partial charge >= 0.3 is 0 Å². The maximum absolute atomic E-state index is 10.1. The van der Waals surface area contributed by atoms with Gasteiger partial charge in [0.05, 0.1) is 23.2 Å². The number of nitrogens with zero attached hydrogens (tertiary/aromatic N) is 4. The molecule has 11 nitrogen and oxygen atoms in total. The van der Waals surface area contributed by atoms with Crippen molar-refractivity contribution in [2.75, 3.05) is 24.8 Å². The lowest BCUT2D eigenvalue weighted by Crippen LogP contribution is -2.24. The number of fused-ring (bicyclic) bond motifs is 1. The third-order valence-corrected chi connectivity index (χ3v) is 4.27. The van der Waals surface area contributed by atoms with Gasteiger partial charge in [-0.15, -0.1) is 0 Å². The molecule has 0 aromatic carbocycles. The minimum absolute atomic E-state index is 0.0978. The van der Waals surface area contributed by atoms with Gasteiger partial charge in [0.2, 0.25) is 0 Å². The van der Waals surface area contributed by atoms with Gasteiger partial charge in [-0.2, -0.15) is 0 Å². The van der Waals surface area contributed by atoms with Gasteiger partial charge in [0, 0.05) is 20.5 Å². The van der Waals surface area contributed by atoms with Crippen molar-refractivity contribution in [2.24, 2.45) is 10.9 Å². The van der Waals surface area contributed by atoms with Crippen LogP contribution in [-0.2, 0) is 4.74 Å². The molecule has 0 aliphatic carbocycles. The first-order chi connectivity index (χ1) is 12.0. The van der Waals surface area contributed by atoms with Crippen LogP contribution in [0.15, 0.2) is 11.5 Å². The second-order valence-electron chi connectivity index (χ2n) is 5.72. The molecule has 7 N–H and O–H groups in total. The molecule has 3 atom stereocenters. The molecule has 0 amide bonds. The highest BCUT2D eigenvalue weighted by molar-refractivity contribution is 6.15. The molecule has 0 unspecified atom stereocenters. The van der Waals surface area contributed by atoms with Crippen molar-refractivity contribution in [3.8, 4) is 0 Å². The molecule has 2 aromatic rings. The average molecular weight is 350 g/mol. The molecule has 3 heterocycles. The summed E-state index contributed by atoms with van der Waals surface area (Å²) in [5.74, 6) is 0.923. The maximum atomic E-state index is 10.1. The van der Waals surface area contributed by atoms with E-state index in [0.717, 1.165) is 0 Å². The van der Waals surface area contributed by atoms with Gasteiger partial charge in [-0.1, -0.05) is 5.16 Å². The minimum atomic E-state index is -0.595. The van der Waals surface area contributed by atoms with E-state index in [1.54, 1.807) is 25.6 Å². The molecular weight excluding hydrogens is 328 g/mol. The lowest BCUT2D eigenvalue weighted by atomic mass is 10.2. The zero-order chi connectivity index (χ0) is 18.1. The molecular formula is C14H22N8O3. The number of hydrogen-bond acceptors (Lipinski definition) is 9. The number of amidine groups is 1. The molecule has 0 spiro atoms. The van der Waals surface area contributed by atoms with E-state index in [-0.39, 0.29) is 11.9 Å². The molecule has 25 heavy (non-hydrogen) atoms. The lowest BCUT2D eigenvalue weighted by Gasteiger charge is -2.18. The van der Waals surface area contributed by atoms with Gasteiger partial charge in [0.1, 0.15) is 29.8 Å². The number of oxime groups is 1. The lowest BCUT2D eigenvalue weighted by molar-refractivity contribution is -0.00529. The van der Waals surface area contributed by atoms with Crippen molar-refractivity contribution in [1.29, 1.82) is 0 Å². The normalized spacial score (nSPS) is 24.0. The van der Waals surface area contributed by atoms with Crippen LogP contribution in [0.2, 0.25) is 0 Å². The van der Waals surface area contributed by atoms with E-state index in [2.05, 4.69) is 31.3 Å². The summed E-state index contributed by atoms with van der Waals surface area (Å²) < 4.78 is 7.65. The monoisotopic (exact) mass is 350 g/mol. The third-order valence-electron chi connectivity index (χ3n) is 4.27. The van der Waals surface area contributed by atoms with Gasteiger partial charge in [-0.05, 0) is 6.92 Å². The summed E-state index contributed by atoms with van der Waals surface area (Å²) in [6.45, 7) is 1.81. The first-order valence-corrected chi connectivity index (χ1v) is 7.84. The van der Waals surface area contributed by atoms with Crippen LogP contribution < -0.4 is 21.9 Å². The molecule has 0 bridgehead atoms. The Hall–Kier alpha value is -2.63. The van der Waals surface area contributed by atoms with Crippen molar-refractivity contribution in [2.45, 2.75) is 31.8 Å². The number of aromatic nitrogens is 3. The Kier molecular flexibility index (Phi) is 4.61. The smallest absolute Gasteiger partial charge is 0.174 e. The van der Waals surface area contributed by atoms with E-state index in [1.807, 2.05) is 0 Å². The van der Waals surface area contributed by atoms with Crippen molar-refractivity contribution < 1.29 is 15.1 Å². The van der Waals surface area contributed by atoms with Crippen LogP contribution >= 0.6 is 0 Å².